The van der Waals surface area contributed by atoms with Crippen molar-refractivity contribution in [1.29, 1.82) is 0 Å². The number of imidazole rings is 2. The molecule has 0 amide bonds. The molecule has 0 spiro atoms. The first kappa shape index (κ1) is 50.2. The van der Waals surface area contributed by atoms with Crippen LogP contribution in [0.3, 0.4) is 0 Å². The van der Waals surface area contributed by atoms with Crippen LogP contribution in [0.25, 0.3) is 77.2 Å². The molecular weight excluding hydrogens is 1090 g/mol. The maximum absolute atomic E-state index is 5.15. The first-order valence-electron chi connectivity index (χ1n) is 29.5. The van der Waals surface area contributed by atoms with Gasteiger partial charge in [-0.25, -0.2) is 4.98 Å². The summed E-state index contributed by atoms with van der Waals surface area (Å²) in [5.74, 6) is 2.60. The summed E-state index contributed by atoms with van der Waals surface area (Å²) in [7, 11) is 0. The van der Waals surface area contributed by atoms with Gasteiger partial charge in [0, 0.05) is 53.7 Å². The fraction of sp³-hybridized carbons (Fsp3) is 0.400. The van der Waals surface area contributed by atoms with Crippen LogP contribution in [0.15, 0.2) is 140 Å². The molecule has 0 aliphatic heterocycles. The van der Waals surface area contributed by atoms with E-state index in [-0.39, 0.29) is 20.1 Å². The van der Waals surface area contributed by atoms with E-state index in [9.17, 15) is 0 Å². The van der Waals surface area contributed by atoms with Crippen molar-refractivity contribution in [2.75, 3.05) is 0 Å². The summed E-state index contributed by atoms with van der Waals surface area (Å²) >= 11 is 0. The van der Waals surface area contributed by atoms with Gasteiger partial charge in [0.05, 0.1) is 28.7 Å². The number of hydrogen-bond donors (Lipinski definition) is 0. The van der Waals surface area contributed by atoms with E-state index < -0.39 is 0 Å². The maximum Gasteiger partial charge on any atom is 0.145 e. The third-order valence-electron chi connectivity index (χ3n) is 18.6. The van der Waals surface area contributed by atoms with Crippen molar-refractivity contribution in [2.45, 2.75) is 178 Å². The van der Waals surface area contributed by atoms with Crippen molar-refractivity contribution in [3.63, 3.8) is 0 Å². The Morgan fingerprint density at radius 3 is 1.12 bits per heavy atom. The third-order valence-corrected chi connectivity index (χ3v) is 18.6. The minimum absolute atomic E-state index is 0. The number of para-hydroxylation sites is 2. The van der Waals surface area contributed by atoms with Crippen molar-refractivity contribution in [3.05, 3.63) is 168 Å². The van der Waals surface area contributed by atoms with Crippen LogP contribution in [0.4, 0.5) is 0 Å². The normalized spacial score (nSPS) is 18.1. The van der Waals surface area contributed by atoms with E-state index in [1.165, 1.54) is 215 Å². The van der Waals surface area contributed by atoms with Crippen molar-refractivity contribution in [3.8, 4) is 22.5 Å². The van der Waals surface area contributed by atoms with Gasteiger partial charge in [-0.2, -0.15) is 0 Å². The number of fused-ring (bicyclic) bond motifs is 12. The SMILES string of the molecule is [Ir].[c-]1cccc2c1c1ncc(-c3c(C4CCCCCC4)cccc3C3CCCCCC3)n1c1ccccc21.c1cc(C2CCCCCC2)c(-c2cnc3c4ccccc4c4ccccc4n23)c(C2CCCCCC2)c1. The molecule has 10 aromatic rings. The topological polar surface area (TPSA) is 34.6 Å². The standard InChI is InChI=1S/C35H38N2.C35H37N2.Ir/c2*1-2-6-15-25(14-5-1)27-21-13-22-28(26-16-7-3-4-8-17-26)34(27)33-24-36-35-31-20-10-9-18-29(31)30-19-11-12-23-32(30)37(33)35;/h9-13,18-26H,1-8,14-17H2;9-13,18-19,21-26H,1-8,14-17H2;/q;-1;. The van der Waals surface area contributed by atoms with Gasteiger partial charge in [0.15, 0.2) is 0 Å². The van der Waals surface area contributed by atoms with Gasteiger partial charge in [-0.3, -0.25) is 9.38 Å². The molecule has 75 heavy (non-hydrogen) atoms. The van der Waals surface area contributed by atoms with E-state index in [0.29, 0.717) is 23.7 Å². The molecule has 0 atom stereocenters. The van der Waals surface area contributed by atoms with Crippen molar-refractivity contribution in [2.24, 2.45) is 0 Å². The minimum atomic E-state index is 0. The Kier molecular flexibility index (Phi) is 15.4. The molecule has 4 aromatic heterocycles. The maximum atomic E-state index is 5.15. The predicted octanol–water partition coefficient (Wildman–Crippen LogP) is 20.2. The number of aromatic nitrogens is 4. The molecule has 4 aliphatic rings. The second-order valence-corrected chi connectivity index (χ2v) is 23.0. The zero-order chi connectivity index (χ0) is 49.2. The second kappa shape index (κ2) is 22.9. The molecule has 0 unspecified atom stereocenters. The smallest absolute Gasteiger partial charge is 0.145 e. The van der Waals surface area contributed by atoms with Crippen LogP contribution >= 0.6 is 0 Å². The van der Waals surface area contributed by atoms with Gasteiger partial charge in [-0.15, -0.1) is 29.7 Å². The van der Waals surface area contributed by atoms with Crippen LogP contribution in [0.1, 0.15) is 200 Å². The first-order chi connectivity index (χ1) is 36.8. The average molecular weight is 1160 g/mol. The van der Waals surface area contributed by atoms with E-state index in [2.05, 4.69) is 149 Å². The third kappa shape index (κ3) is 9.69. The number of rotatable bonds is 6. The summed E-state index contributed by atoms with van der Waals surface area (Å²) in [5, 5.41) is 7.50. The Bertz CT molecular complexity index is 3250. The molecule has 0 saturated heterocycles. The summed E-state index contributed by atoms with van der Waals surface area (Å²) in [5.41, 5.74) is 16.6. The van der Waals surface area contributed by atoms with E-state index >= 15 is 0 Å². The quantitative estimate of drug-likeness (QED) is 0.0945. The Morgan fingerprint density at radius 2 is 0.680 bits per heavy atom. The second-order valence-electron chi connectivity index (χ2n) is 23.0. The summed E-state index contributed by atoms with van der Waals surface area (Å²) in [6.07, 6.45) is 36.9. The van der Waals surface area contributed by atoms with Gasteiger partial charge in [-0.1, -0.05) is 205 Å². The Balaban J connectivity index is 0.000000150. The van der Waals surface area contributed by atoms with Gasteiger partial charge in [-0.05, 0) is 120 Å². The molecule has 4 fully saturated rings. The average Bonchev–Trinajstić information content (AvgIpc) is 3.71. The molecular formula is C70H75IrN4-. The van der Waals surface area contributed by atoms with Gasteiger partial charge < -0.3 is 4.40 Å². The summed E-state index contributed by atoms with van der Waals surface area (Å²) in [4.78, 5) is 10.3. The van der Waals surface area contributed by atoms with Crippen LogP contribution in [-0.4, -0.2) is 18.8 Å². The zero-order valence-corrected chi connectivity index (χ0v) is 46.6. The van der Waals surface area contributed by atoms with Gasteiger partial charge >= 0.3 is 0 Å². The van der Waals surface area contributed by atoms with Crippen LogP contribution in [0.5, 0.6) is 0 Å². The number of pyridine rings is 2. The van der Waals surface area contributed by atoms with Crippen LogP contribution in [0, 0.1) is 6.07 Å². The molecule has 6 aromatic carbocycles. The monoisotopic (exact) mass is 1160 g/mol. The van der Waals surface area contributed by atoms with E-state index in [1.54, 1.807) is 22.3 Å². The Morgan fingerprint density at radius 1 is 0.333 bits per heavy atom. The number of nitrogens with zero attached hydrogens (tertiary/aromatic N) is 4. The van der Waals surface area contributed by atoms with Gasteiger partial charge in [0.1, 0.15) is 5.65 Å². The first-order valence-corrected chi connectivity index (χ1v) is 29.5. The minimum Gasteiger partial charge on any atom is -0.333 e. The number of hydrogen-bond acceptors (Lipinski definition) is 2. The predicted molar refractivity (Wildman–Crippen MR) is 312 cm³/mol. The van der Waals surface area contributed by atoms with Crippen molar-refractivity contribution >= 4 is 54.6 Å². The fourth-order valence-electron chi connectivity index (χ4n) is 15.0. The van der Waals surface area contributed by atoms with Crippen molar-refractivity contribution < 1.29 is 20.1 Å². The molecule has 1 radical (unpaired) electrons. The molecule has 385 valence electrons. The molecule has 4 saturated carbocycles. The Labute approximate surface area is 459 Å². The van der Waals surface area contributed by atoms with E-state index in [1.807, 2.05) is 6.07 Å². The molecule has 0 N–H and O–H groups in total. The molecule has 4 aliphatic carbocycles. The number of benzene rings is 6. The Hall–Kier alpha value is -5.61. The summed E-state index contributed by atoms with van der Waals surface area (Å²) < 4.78 is 4.96. The molecule has 4 heterocycles. The van der Waals surface area contributed by atoms with E-state index in [4.69, 9.17) is 9.97 Å². The summed E-state index contributed by atoms with van der Waals surface area (Å²) in [6.45, 7) is 0. The summed E-state index contributed by atoms with van der Waals surface area (Å²) in [6, 6.07) is 51.1. The zero-order valence-electron chi connectivity index (χ0n) is 44.2. The van der Waals surface area contributed by atoms with Crippen LogP contribution in [0.2, 0.25) is 0 Å². The van der Waals surface area contributed by atoms with Gasteiger partial charge in [0.25, 0.3) is 0 Å². The van der Waals surface area contributed by atoms with Crippen LogP contribution < -0.4 is 0 Å². The van der Waals surface area contributed by atoms with Crippen LogP contribution in [-0.2, 0) is 20.1 Å². The van der Waals surface area contributed by atoms with Crippen molar-refractivity contribution in [1.82, 2.24) is 18.8 Å². The molecule has 0 bridgehead atoms. The molecule has 4 nitrogen and oxygen atoms in total. The fourth-order valence-corrected chi connectivity index (χ4v) is 15.0. The van der Waals surface area contributed by atoms with Gasteiger partial charge in [0.2, 0.25) is 0 Å². The molecule has 14 rings (SSSR count). The molecule has 5 heteroatoms. The largest absolute Gasteiger partial charge is 0.333 e. The van der Waals surface area contributed by atoms with E-state index in [0.717, 1.165) is 16.7 Å².